The molecule has 1 fully saturated rings. The van der Waals surface area contributed by atoms with Crippen molar-refractivity contribution in [1.29, 1.82) is 0 Å². The van der Waals surface area contributed by atoms with Crippen molar-refractivity contribution in [2.45, 2.75) is 32.5 Å². The van der Waals surface area contributed by atoms with Crippen molar-refractivity contribution in [3.8, 4) is 17.0 Å². The highest BCUT2D eigenvalue weighted by atomic mass is 35.5. The molecule has 0 saturated carbocycles. The first-order valence-electron chi connectivity index (χ1n) is 9.93. The van der Waals surface area contributed by atoms with Gasteiger partial charge in [0.1, 0.15) is 6.10 Å². The van der Waals surface area contributed by atoms with Crippen molar-refractivity contribution in [3.63, 3.8) is 0 Å². The molecule has 3 aromatic rings. The molecule has 0 bridgehead atoms. The molecule has 1 N–H and O–H groups in total. The summed E-state index contributed by atoms with van der Waals surface area (Å²) in [6, 6.07) is 17.9. The zero-order chi connectivity index (χ0) is 20.4. The van der Waals surface area contributed by atoms with Gasteiger partial charge in [-0.25, -0.2) is 4.98 Å². The van der Waals surface area contributed by atoms with Crippen LogP contribution in [0.5, 0.6) is 5.88 Å². The SMILES string of the molecule is Cc1cccnc1O[C@H]1CCN(c2ccc(-c3ccccc3Cl)cc2C(C)O)C1. The summed E-state index contributed by atoms with van der Waals surface area (Å²) in [5, 5.41) is 11.1. The summed E-state index contributed by atoms with van der Waals surface area (Å²) in [5.41, 5.74) is 4.96. The van der Waals surface area contributed by atoms with Crippen molar-refractivity contribution >= 4 is 17.3 Å². The maximum absolute atomic E-state index is 10.4. The first kappa shape index (κ1) is 19.7. The average molecular weight is 409 g/mol. The number of ether oxygens (including phenoxy) is 1. The largest absolute Gasteiger partial charge is 0.472 e. The fourth-order valence-corrected chi connectivity index (χ4v) is 4.08. The third kappa shape index (κ3) is 4.24. The lowest BCUT2D eigenvalue weighted by Gasteiger charge is -2.24. The van der Waals surface area contributed by atoms with E-state index in [9.17, 15) is 5.11 Å². The Labute approximate surface area is 176 Å². The maximum Gasteiger partial charge on any atom is 0.216 e. The molecule has 0 aliphatic carbocycles. The summed E-state index contributed by atoms with van der Waals surface area (Å²) in [6.07, 6.45) is 2.18. The normalized spacial score (nSPS) is 17.4. The molecule has 0 spiro atoms. The Bertz CT molecular complexity index is 1010. The molecular formula is C24H25ClN2O2. The first-order valence-corrected chi connectivity index (χ1v) is 10.3. The molecule has 1 aliphatic rings. The lowest BCUT2D eigenvalue weighted by molar-refractivity contribution is 0.199. The first-order chi connectivity index (χ1) is 14.0. The maximum atomic E-state index is 10.4. The van der Waals surface area contributed by atoms with Gasteiger partial charge in [-0.15, -0.1) is 0 Å². The van der Waals surface area contributed by atoms with E-state index in [0.29, 0.717) is 10.9 Å². The molecule has 4 rings (SSSR count). The molecule has 0 amide bonds. The Balaban J connectivity index is 1.57. The smallest absolute Gasteiger partial charge is 0.216 e. The minimum atomic E-state index is -0.578. The number of aryl methyl sites for hydroxylation is 1. The third-order valence-electron chi connectivity index (χ3n) is 5.39. The molecule has 2 atom stereocenters. The van der Waals surface area contributed by atoms with Crippen LogP contribution < -0.4 is 9.64 Å². The predicted molar refractivity (Wildman–Crippen MR) is 118 cm³/mol. The average Bonchev–Trinajstić information content (AvgIpc) is 3.18. The highest BCUT2D eigenvalue weighted by molar-refractivity contribution is 6.33. The van der Waals surface area contributed by atoms with Crippen LogP contribution in [-0.4, -0.2) is 29.3 Å². The van der Waals surface area contributed by atoms with E-state index < -0.39 is 6.10 Å². The van der Waals surface area contributed by atoms with E-state index in [2.05, 4.69) is 22.0 Å². The zero-order valence-corrected chi connectivity index (χ0v) is 17.4. The molecule has 1 aromatic heterocycles. The van der Waals surface area contributed by atoms with Crippen molar-refractivity contribution in [3.05, 3.63) is 76.9 Å². The summed E-state index contributed by atoms with van der Waals surface area (Å²) >= 11 is 6.37. The topological polar surface area (TPSA) is 45.6 Å². The summed E-state index contributed by atoms with van der Waals surface area (Å²) in [5.74, 6) is 0.698. The number of aliphatic hydroxyl groups excluding tert-OH is 1. The Kier molecular flexibility index (Phi) is 5.74. The highest BCUT2D eigenvalue weighted by Crippen LogP contribution is 2.36. The van der Waals surface area contributed by atoms with E-state index in [4.69, 9.17) is 16.3 Å². The van der Waals surface area contributed by atoms with Crippen LogP contribution >= 0.6 is 11.6 Å². The van der Waals surface area contributed by atoms with Crippen molar-refractivity contribution in [1.82, 2.24) is 4.98 Å². The van der Waals surface area contributed by atoms with Crippen LogP contribution in [0, 0.1) is 6.92 Å². The number of anilines is 1. The molecule has 2 aromatic carbocycles. The lowest BCUT2D eigenvalue weighted by atomic mass is 9.99. The molecule has 2 heterocycles. The van der Waals surface area contributed by atoms with Gasteiger partial charge in [-0.1, -0.05) is 41.9 Å². The van der Waals surface area contributed by atoms with E-state index >= 15 is 0 Å². The van der Waals surface area contributed by atoms with Crippen molar-refractivity contribution < 1.29 is 9.84 Å². The van der Waals surface area contributed by atoms with Crippen LogP contribution in [0.2, 0.25) is 5.02 Å². The molecule has 4 nitrogen and oxygen atoms in total. The predicted octanol–water partition coefficient (Wildman–Crippen LogP) is 5.42. The molecule has 29 heavy (non-hydrogen) atoms. The van der Waals surface area contributed by atoms with Crippen LogP contribution in [0.1, 0.15) is 30.6 Å². The fraction of sp³-hybridized carbons (Fsp3) is 0.292. The van der Waals surface area contributed by atoms with Gasteiger partial charge < -0.3 is 14.7 Å². The quantitative estimate of drug-likeness (QED) is 0.612. The number of halogens is 1. The van der Waals surface area contributed by atoms with Crippen LogP contribution in [0.15, 0.2) is 60.8 Å². The number of pyridine rings is 1. The third-order valence-corrected chi connectivity index (χ3v) is 5.72. The lowest BCUT2D eigenvalue weighted by Crippen LogP contribution is -2.26. The molecule has 5 heteroatoms. The van der Waals surface area contributed by atoms with Crippen LogP contribution in [0.25, 0.3) is 11.1 Å². The van der Waals surface area contributed by atoms with Crippen LogP contribution in [-0.2, 0) is 0 Å². The van der Waals surface area contributed by atoms with Gasteiger partial charge in [0.15, 0.2) is 0 Å². The van der Waals surface area contributed by atoms with E-state index in [1.807, 2.05) is 49.4 Å². The molecule has 1 unspecified atom stereocenters. The minimum Gasteiger partial charge on any atom is -0.472 e. The number of hydrogen-bond acceptors (Lipinski definition) is 4. The van der Waals surface area contributed by atoms with Gasteiger partial charge >= 0.3 is 0 Å². The highest BCUT2D eigenvalue weighted by Gasteiger charge is 2.27. The van der Waals surface area contributed by atoms with E-state index in [-0.39, 0.29) is 6.10 Å². The Hall–Kier alpha value is -2.56. The Morgan fingerprint density at radius 1 is 1.17 bits per heavy atom. The second kappa shape index (κ2) is 8.44. The van der Waals surface area contributed by atoms with Gasteiger partial charge in [-0.05, 0) is 43.7 Å². The number of aliphatic hydroxyl groups is 1. The van der Waals surface area contributed by atoms with Gasteiger partial charge in [0.05, 0.1) is 12.6 Å². The summed E-state index contributed by atoms with van der Waals surface area (Å²) in [6.45, 7) is 5.45. The zero-order valence-electron chi connectivity index (χ0n) is 16.7. The van der Waals surface area contributed by atoms with Gasteiger partial charge in [0, 0.05) is 46.6 Å². The molecule has 0 radical (unpaired) electrons. The van der Waals surface area contributed by atoms with Crippen LogP contribution in [0.4, 0.5) is 5.69 Å². The van der Waals surface area contributed by atoms with E-state index in [1.54, 1.807) is 13.1 Å². The summed E-state index contributed by atoms with van der Waals surface area (Å²) in [7, 11) is 0. The van der Waals surface area contributed by atoms with Gasteiger partial charge in [0.2, 0.25) is 5.88 Å². The summed E-state index contributed by atoms with van der Waals surface area (Å²) in [4.78, 5) is 6.62. The van der Waals surface area contributed by atoms with Gasteiger partial charge in [-0.2, -0.15) is 0 Å². The number of nitrogens with zero attached hydrogens (tertiary/aromatic N) is 2. The Morgan fingerprint density at radius 2 is 2.00 bits per heavy atom. The molecular weight excluding hydrogens is 384 g/mol. The van der Waals surface area contributed by atoms with Crippen molar-refractivity contribution in [2.24, 2.45) is 0 Å². The number of rotatable bonds is 5. The van der Waals surface area contributed by atoms with Gasteiger partial charge in [-0.3, -0.25) is 0 Å². The van der Waals surface area contributed by atoms with E-state index in [1.165, 1.54) is 0 Å². The standard InChI is InChI=1S/C24H25ClN2O2/c1-16-6-5-12-26-24(16)29-19-11-13-27(15-19)23-10-9-18(14-21(23)17(2)28)20-7-3-4-8-22(20)25/h3-10,12,14,17,19,28H,11,13,15H2,1-2H3/t17?,19-/m0/s1. The number of aromatic nitrogens is 1. The molecule has 150 valence electrons. The minimum absolute atomic E-state index is 0.0775. The van der Waals surface area contributed by atoms with Crippen molar-refractivity contribution in [2.75, 3.05) is 18.0 Å². The number of benzene rings is 2. The monoisotopic (exact) mass is 408 g/mol. The molecule has 1 aliphatic heterocycles. The Morgan fingerprint density at radius 3 is 2.76 bits per heavy atom. The number of hydrogen-bond donors (Lipinski definition) is 1. The second-order valence-corrected chi connectivity index (χ2v) is 7.94. The molecule has 1 saturated heterocycles. The van der Waals surface area contributed by atoms with Crippen LogP contribution in [0.3, 0.4) is 0 Å². The van der Waals surface area contributed by atoms with Gasteiger partial charge in [0.25, 0.3) is 0 Å². The van der Waals surface area contributed by atoms with E-state index in [0.717, 1.165) is 47.5 Å². The summed E-state index contributed by atoms with van der Waals surface area (Å²) < 4.78 is 6.13. The second-order valence-electron chi connectivity index (χ2n) is 7.53. The fourth-order valence-electron chi connectivity index (χ4n) is 3.84.